The summed E-state index contributed by atoms with van der Waals surface area (Å²) in [4.78, 5) is 15.1. The van der Waals surface area contributed by atoms with Crippen LogP contribution >= 0.6 is 0 Å². The quantitative estimate of drug-likeness (QED) is 0.700. The van der Waals surface area contributed by atoms with E-state index in [0.29, 0.717) is 37.7 Å². The van der Waals surface area contributed by atoms with Crippen LogP contribution in [-0.2, 0) is 9.47 Å². The van der Waals surface area contributed by atoms with Crippen LogP contribution in [0, 0.1) is 5.82 Å². The number of carbonyl (C=O) groups is 1. The number of nitrogens with one attached hydrogen (secondary N) is 1. The standard InChI is InChI=1S/C24H29FN2O4/c25-20-8-6-18(7-9-20)23(27-10-13-29-14-11-27)16-26-24(28)19-3-1-4-21(15-19)31-17-22-5-2-12-30-22/h1,3-4,6-9,15,22-23H,2,5,10-14,16-17H2,(H,26,28). The molecule has 2 atom stereocenters. The molecule has 2 fully saturated rings. The molecule has 2 aliphatic rings. The van der Waals surface area contributed by atoms with Gasteiger partial charge in [-0.25, -0.2) is 4.39 Å². The van der Waals surface area contributed by atoms with E-state index in [4.69, 9.17) is 14.2 Å². The van der Waals surface area contributed by atoms with E-state index in [9.17, 15) is 9.18 Å². The van der Waals surface area contributed by atoms with Gasteiger partial charge in [0.25, 0.3) is 5.91 Å². The Labute approximate surface area is 182 Å². The summed E-state index contributed by atoms with van der Waals surface area (Å²) < 4.78 is 30.3. The van der Waals surface area contributed by atoms with Crippen molar-refractivity contribution in [2.24, 2.45) is 0 Å². The first-order chi connectivity index (χ1) is 15.2. The highest BCUT2D eigenvalue weighted by Crippen LogP contribution is 2.22. The largest absolute Gasteiger partial charge is 0.491 e. The molecule has 2 aromatic rings. The molecule has 2 aromatic carbocycles. The highest BCUT2D eigenvalue weighted by molar-refractivity contribution is 5.94. The van der Waals surface area contributed by atoms with Gasteiger partial charge < -0.3 is 19.5 Å². The number of rotatable bonds is 8. The summed E-state index contributed by atoms with van der Waals surface area (Å²) in [6, 6.07) is 13.6. The van der Waals surface area contributed by atoms with Crippen LogP contribution in [0.4, 0.5) is 4.39 Å². The molecule has 166 valence electrons. The van der Waals surface area contributed by atoms with Crippen LogP contribution in [0.5, 0.6) is 5.75 Å². The van der Waals surface area contributed by atoms with Crippen LogP contribution in [0.2, 0.25) is 0 Å². The maximum Gasteiger partial charge on any atom is 0.251 e. The zero-order valence-electron chi connectivity index (χ0n) is 17.6. The molecule has 6 nitrogen and oxygen atoms in total. The molecule has 2 unspecified atom stereocenters. The van der Waals surface area contributed by atoms with Crippen molar-refractivity contribution in [2.75, 3.05) is 46.1 Å². The number of amides is 1. The monoisotopic (exact) mass is 428 g/mol. The van der Waals surface area contributed by atoms with Gasteiger partial charge in [0.2, 0.25) is 0 Å². The van der Waals surface area contributed by atoms with Gasteiger partial charge in [-0.2, -0.15) is 0 Å². The average Bonchev–Trinajstić information content (AvgIpc) is 3.33. The second-order valence-electron chi connectivity index (χ2n) is 7.90. The van der Waals surface area contributed by atoms with Crippen LogP contribution < -0.4 is 10.1 Å². The fourth-order valence-electron chi connectivity index (χ4n) is 4.02. The first-order valence-corrected chi connectivity index (χ1v) is 10.9. The third-order valence-electron chi connectivity index (χ3n) is 5.75. The highest BCUT2D eigenvalue weighted by Gasteiger charge is 2.23. The summed E-state index contributed by atoms with van der Waals surface area (Å²) >= 11 is 0. The molecule has 0 radical (unpaired) electrons. The number of nitrogens with zero attached hydrogens (tertiary/aromatic N) is 1. The lowest BCUT2D eigenvalue weighted by Gasteiger charge is -2.35. The van der Waals surface area contributed by atoms with Crippen molar-refractivity contribution in [3.63, 3.8) is 0 Å². The molecular weight excluding hydrogens is 399 g/mol. The van der Waals surface area contributed by atoms with E-state index in [2.05, 4.69) is 10.2 Å². The van der Waals surface area contributed by atoms with Gasteiger partial charge in [0, 0.05) is 31.8 Å². The summed E-state index contributed by atoms with van der Waals surface area (Å²) in [5.74, 6) is 0.225. The molecule has 0 spiro atoms. The number of carbonyl (C=O) groups excluding carboxylic acids is 1. The topological polar surface area (TPSA) is 60.0 Å². The number of morpholine rings is 1. The van der Waals surface area contributed by atoms with Gasteiger partial charge in [-0.05, 0) is 48.7 Å². The number of hydrogen-bond acceptors (Lipinski definition) is 5. The van der Waals surface area contributed by atoms with Crippen LogP contribution in [0.15, 0.2) is 48.5 Å². The van der Waals surface area contributed by atoms with Gasteiger partial charge in [0.1, 0.15) is 18.2 Å². The predicted octanol–water partition coefficient (Wildman–Crippen LogP) is 3.19. The molecule has 2 aliphatic heterocycles. The summed E-state index contributed by atoms with van der Waals surface area (Å²) in [6.45, 7) is 4.54. The van der Waals surface area contributed by atoms with Gasteiger partial charge in [-0.1, -0.05) is 18.2 Å². The molecule has 2 heterocycles. The molecule has 0 bridgehead atoms. The van der Waals surface area contributed by atoms with Crippen LogP contribution in [-0.4, -0.2) is 63.0 Å². The Hall–Kier alpha value is -2.48. The van der Waals surface area contributed by atoms with E-state index in [0.717, 1.165) is 38.1 Å². The molecule has 31 heavy (non-hydrogen) atoms. The van der Waals surface area contributed by atoms with Crippen LogP contribution in [0.3, 0.4) is 0 Å². The number of ether oxygens (including phenoxy) is 3. The zero-order chi connectivity index (χ0) is 21.5. The van der Waals surface area contributed by atoms with Crippen LogP contribution in [0.1, 0.15) is 34.8 Å². The maximum atomic E-state index is 13.4. The van der Waals surface area contributed by atoms with E-state index >= 15 is 0 Å². The second-order valence-corrected chi connectivity index (χ2v) is 7.90. The molecule has 4 rings (SSSR count). The highest BCUT2D eigenvalue weighted by atomic mass is 19.1. The third kappa shape index (κ3) is 6.03. The van der Waals surface area contributed by atoms with Gasteiger partial charge in [0.05, 0.1) is 25.4 Å². The van der Waals surface area contributed by atoms with Crippen molar-refractivity contribution in [3.05, 3.63) is 65.5 Å². The Kier molecular flexibility index (Phi) is 7.51. The van der Waals surface area contributed by atoms with Crippen molar-refractivity contribution in [1.82, 2.24) is 10.2 Å². The number of benzene rings is 2. The molecule has 7 heteroatoms. The minimum Gasteiger partial charge on any atom is -0.491 e. The summed E-state index contributed by atoms with van der Waals surface area (Å²) in [5.41, 5.74) is 1.52. The van der Waals surface area contributed by atoms with Crippen LogP contribution in [0.25, 0.3) is 0 Å². The van der Waals surface area contributed by atoms with Crippen molar-refractivity contribution < 1.29 is 23.4 Å². The lowest BCUT2D eigenvalue weighted by Crippen LogP contribution is -2.43. The molecule has 1 N–H and O–H groups in total. The molecule has 2 saturated heterocycles. The Morgan fingerprint density at radius 1 is 1.16 bits per heavy atom. The van der Waals surface area contributed by atoms with E-state index in [1.54, 1.807) is 24.3 Å². The first-order valence-electron chi connectivity index (χ1n) is 10.9. The van der Waals surface area contributed by atoms with Crippen molar-refractivity contribution in [1.29, 1.82) is 0 Å². The molecular formula is C24H29FN2O4. The van der Waals surface area contributed by atoms with E-state index < -0.39 is 0 Å². The molecule has 0 aliphatic carbocycles. The van der Waals surface area contributed by atoms with Gasteiger partial charge in [-0.3, -0.25) is 9.69 Å². The lowest BCUT2D eigenvalue weighted by molar-refractivity contribution is 0.0162. The fourth-order valence-corrected chi connectivity index (χ4v) is 4.02. The third-order valence-corrected chi connectivity index (χ3v) is 5.75. The fraction of sp³-hybridized carbons (Fsp3) is 0.458. The summed E-state index contributed by atoms with van der Waals surface area (Å²) in [6.07, 6.45) is 2.20. The zero-order valence-corrected chi connectivity index (χ0v) is 17.6. The van der Waals surface area contributed by atoms with Gasteiger partial charge in [-0.15, -0.1) is 0 Å². The number of hydrogen-bond donors (Lipinski definition) is 1. The Morgan fingerprint density at radius 2 is 1.97 bits per heavy atom. The first kappa shape index (κ1) is 21.7. The van der Waals surface area contributed by atoms with Gasteiger partial charge in [0.15, 0.2) is 0 Å². The maximum absolute atomic E-state index is 13.4. The Bertz CT molecular complexity index is 849. The number of halogens is 1. The Balaban J connectivity index is 1.38. The SMILES string of the molecule is O=C(NCC(c1ccc(F)cc1)N1CCOCC1)c1cccc(OCC2CCCO2)c1. The molecule has 0 aromatic heterocycles. The minimum atomic E-state index is -0.270. The summed E-state index contributed by atoms with van der Waals surface area (Å²) in [7, 11) is 0. The normalized spacial score (nSPS) is 20.4. The van der Waals surface area contributed by atoms with Crippen molar-refractivity contribution in [2.45, 2.75) is 25.0 Å². The minimum absolute atomic E-state index is 0.0487. The lowest BCUT2D eigenvalue weighted by atomic mass is 10.0. The van der Waals surface area contributed by atoms with E-state index in [-0.39, 0.29) is 23.9 Å². The second kappa shape index (κ2) is 10.7. The van der Waals surface area contributed by atoms with Crippen molar-refractivity contribution >= 4 is 5.91 Å². The van der Waals surface area contributed by atoms with E-state index in [1.165, 1.54) is 12.1 Å². The Morgan fingerprint density at radius 3 is 2.71 bits per heavy atom. The van der Waals surface area contributed by atoms with Gasteiger partial charge >= 0.3 is 0 Å². The smallest absolute Gasteiger partial charge is 0.251 e. The predicted molar refractivity (Wildman–Crippen MR) is 115 cm³/mol. The van der Waals surface area contributed by atoms with Crippen molar-refractivity contribution in [3.8, 4) is 5.75 Å². The molecule has 0 saturated carbocycles. The van der Waals surface area contributed by atoms with E-state index in [1.807, 2.05) is 12.1 Å². The average molecular weight is 429 g/mol. The summed E-state index contributed by atoms with van der Waals surface area (Å²) in [5, 5.41) is 3.04. The molecule has 1 amide bonds.